The van der Waals surface area contributed by atoms with Crippen molar-refractivity contribution in [1.29, 1.82) is 0 Å². The highest BCUT2D eigenvalue weighted by atomic mass is 32.2. The summed E-state index contributed by atoms with van der Waals surface area (Å²) in [5, 5.41) is 0. The minimum atomic E-state index is -3.52. The number of hydrogen-bond acceptors (Lipinski definition) is 4. The number of aryl methyl sites for hydroxylation is 2. The van der Waals surface area contributed by atoms with Gasteiger partial charge in [0.05, 0.1) is 11.5 Å². The molecule has 1 aliphatic heterocycles. The van der Waals surface area contributed by atoms with Gasteiger partial charge in [0.25, 0.3) is 0 Å². The summed E-state index contributed by atoms with van der Waals surface area (Å²) in [6, 6.07) is 13.2. The molecule has 0 radical (unpaired) electrons. The van der Waals surface area contributed by atoms with Gasteiger partial charge in [0, 0.05) is 13.1 Å². The Hall–Kier alpha value is -2.05. The Morgan fingerprint density at radius 3 is 2.33 bits per heavy atom. The lowest BCUT2D eigenvalue weighted by Crippen LogP contribution is -2.41. The summed E-state index contributed by atoms with van der Waals surface area (Å²) in [6.45, 7) is 7.10. The van der Waals surface area contributed by atoms with Crippen LogP contribution in [0.25, 0.3) is 0 Å². The second-order valence-electron chi connectivity index (χ2n) is 6.85. The average Bonchev–Trinajstić information content (AvgIpc) is 2.66. The van der Waals surface area contributed by atoms with Gasteiger partial charge in [-0.2, -0.15) is 4.31 Å². The van der Waals surface area contributed by atoms with Gasteiger partial charge in [-0.3, -0.25) is 0 Å². The molecule has 27 heavy (non-hydrogen) atoms. The van der Waals surface area contributed by atoms with Crippen molar-refractivity contribution in [2.75, 3.05) is 19.7 Å². The highest BCUT2D eigenvalue weighted by Crippen LogP contribution is 2.30. The minimum Gasteiger partial charge on any atom is -0.494 e. The maximum Gasteiger partial charge on any atom is 0.243 e. The molecule has 0 N–H and O–H groups in total. The topological polar surface area (TPSA) is 55.8 Å². The Bertz CT molecular complexity index is 873. The maximum atomic E-state index is 13.1. The Morgan fingerprint density at radius 1 is 1.04 bits per heavy atom. The molecule has 2 aromatic rings. The quantitative estimate of drug-likeness (QED) is 0.751. The zero-order valence-electron chi connectivity index (χ0n) is 16.1. The van der Waals surface area contributed by atoms with Gasteiger partial charge in [-0.15, -0.1) is 0 Å². The van der Waals surface area contributed by atoms with Gasteiger partial charge < -0.3 is 9.47 Å². The van der Waals surface area contributed by atoms with E-state index in [0.29, 0.717) is 43.0 Å². The summed E-state index contributed by atoms with van der Waals surface area (Å²) in [7, 11) is -3.52. The summed E-state index contributed by atoms with van der Waals surface area (Å²) < 4.78 is 39.4. The standard InChI is InChI=1S/C21H27NO4S/c1-4-25-20-14-17(3)21(15-16(20)2)27(23,24)22-12-10-19(11-13-22)26-18-8-6-5-7-9-18/h5-9,14-15,19H,4,10-13H2,1-3H3. The Morgan fingerprint density at radius 2 is 1.70 bits per heavy atom. The predicted octanol–water partition coefficient (Wildman–Crippen LogP) is 3.93. The number of hydrogen-bond donors (Lipinski definition) is 0. The summed E-state index contributed by atoms with van der Waals surface area (Å²) in [5.41, 5.74) is 1.55. The lowest BCUT2D eigenvalue weighted by atomic mass is 10.1. The van der Waals surface area contributed by atoms with Gasteiger partial charge in [-0.25, -0.2) is 8.42 Å². The molecule has 1 aliphatic rings. The third kappa shape index (κ3) is 4.45. The van der Waals surface area contributed by atoms with E-state index in [9.17, 15) is 8.42 Å². The van der Waals surface area contributed by atoms with Crippen molar-refractivity contribution in [3.63, 3.8) is 0 Å². The van der Waals surface area contributed by atoms with Crippen LogP contribution in [0, 0.1) is 13.8 Å². The molecule has 0 bridgehead atoms. The van der Waals surface area contributed by atoms with Crippen molar-refractivity contribution in [2.24, 2.45) is 0 Å². The van der Waals surface area contributed by atoms with Crippen LogP contribution in [0.2, 0.25) is 0 Å². The van der Waals surface area contributed by atoms with Gasteiger partial charge >= 0.3 is 0 Å². The van der Waals surface area contributed by atoms with Crippen molar-refractivity contribution < 1.29 is 17.9 Å². The van der Waals surface area contributed by atoms with Gasteiger partial charge in [0.2, 0.25) is 10.0 Å². The molecule has 0 unspecified atom stereocenters. The lowest BCUT2D eigenvalue weighted by molar-refractivity contribution is 0.135. The molecule has 2 aromatic carbocycles. The van der Waals surface area contributed by atoms with Gasteiger partial charge in [0.1, 0.15) is 17.6 Å². The second kappa shape index (κ2) is 8.31. The van der Waals surface area contributed by atoms with Gasteiger partial charge in [-0.05, 0) is 69.0 Å². The molecular weight excluding hydrogens is 362 g/mol. The molecule has 0 saturated carbocycles. The number of benzene rings is 2. The van der Waals surface area contributed by atoms with E-state index in [2.05, 4.69) is 0 Å². The molecule has 0 atom stereocenters. The van der Waals surface area contributed by atoms with Crippen LogP contribution >= 0.6 is 0 Å². The lowest BCUT2D eigenvalue weighted by Gasteiger charge is -2.32. The van der Waals surface area contributed by atoms with Crippen LogP contribution < -0.4 is 9.47 Å². The number of ether oxygens (including phenoxy) is 2. The largest absolute Gasteiger partial charge is 0.494 e. The molecule has 0 aromatic heterocycles. The summed E-state index contributed by atoms with van der Waals surface area (Å²) in [6.07, 6.45) is 1.41. The van der Waals surface area contributed by atoms with Crippen molar-refractivity contribution in [3.05, 3.63) is 53.6 Å². The van der Waals surface area contributed by atoms with Crippen molar-refractivity contribution >= 4 is 10.0 Å². The maximum absolute atomic E-state index is 13.1. The third-order valence-corrected chi connectivity index (χ3v) is 6.88. The molecule has 0 amide bonds. The van der Waals surface area contributed by atoms with E-state index in [1.165, 1.54) is 0 Å². The Labute approximate surface area is 162 Å². The van der Waals surface area contributed by atoms with Crippen LogP contribution in [0.3, 0.4) is 0 Å². The zero-order chi connectivity index (χ0) is 19.4. The molecule has 6 heteroatoms. The fraction of sp³-hybridized carbons (Fsp3) is 0.429. The molecular formula is C21H27NO4S. The molecule has 5 nitrogen and oxygen atoms in total. The van der Waals surface area contributed by atoms with E-state index >= 15 is 0 Å². The fourth-order valence-electron chi connectivity index (χ4n) is 3.37. The van der Waals surface area contributed by atoms with Gasteiger partial charge in [-0.1, -0.05) is 18.2 Å². The Balaban J connectivity index is 1.71. The van der Waals surface area contributed by atoms with Gasteiger partial charge in [0.15, 0.2) is 0 Å². The highest BCUT2D eigenvalue weighted by Gasteiger charge is 2.31. The van der Waals surface area contributed by atoms with E-state index in [-0.39, 0.29) is 6.10 Å². The first-order valence-corrected chi connectivity index (χ1v) is 10.8. The molecule has 3 rings (SSSR count). The van der Waals surface area contributed by atoms with E-state index in [1.807, 2.05) is 57.2 Å². The van der Waals surface area contributed by atoms with Crippen LogP contribution in [-0.4, -0.2) is 38.5 Å². The van der Waals surface area contributed by atoms with Crippen molar-refractivity contribution in [3.8, 4) is 11.5 Å². The number of sulfonamides is 1. The molecule has 0 aliphatic carbocycles. The highest BCUT2D eigenvalue weighted by molar-refractivity contribution is 7.89. The Kier molecular flexibility index (Phi) is 6.07. The van der Waals surface area contributed by atoms with Crippen LogP contribution in [0.4, 0.5) is 0 Å². The summed E-state index contributed by atoms with van der Waals surface area (Å²) in [4.78, 5) is 0.367. The number of piperidine rings is 1. The average molecular weight is 390 g/mol. The number of rotatable bonds is 6. The van der Waals surface area contributed by atoms with Crippen molar-refractivity contribution in [1.82, 2.24) is 4.31 Å². The molecule has 1 heterocycles. The van der Waals surface area contributed by atoms with Crippen LogP contribution in [0.15, 0.2) is 47.4 Å². The van der Waals surface area contributed by atoms with Crippen LogP contribution in [0.5, 0.6) is 11.5 Å². The van der Waals surface area contributed by atoms with E-state index < -0.39 is 10.0 Å². The zero-order valence-corrected chi connectivity index (χ0v) is 17.0. The first-order chi connectivity index (χ1) is 12.9. The fourth-order valence-corrected chi connectivity index (χ4v) is 5.13. The predicted molar refractivity (Wildman–Crippen MR) is 106 cm³/mol. The first-order valence-electron chi connectivity index (χ1n) is 9.37. The van der Waals surface area contributed by atoms with E-state index in [1.54, 1.807) is 10.4 Å². The van der Waals surface area contributed by atoms with Crippen molar-refractivity contribution in [2.45, 2.75) is 44.6 Å². The van der Waals surface area contributed by atoms with Crippen LogP contribution in [-0.2, 0) is 10.0 Å². The smallest absolute Gasteiger partial charge is 0.243 e. The van der Waals surface area contributed by atoms with Crippen LogP contribution in [0.1, 0.15) is 30.9 Å². The second-order valence-corrected chi connectivity index (χ2v) is 8.76. The molecule has 146 valence electrons. The normalized spacial score (nSPS) is 16.3. The first kappa shape index (κ1) is 19.7. The SMILES string of the molecule is CCOc1cc(C)c(S(=O)(=O)N2CCC(Oc3ccccc3)CC2)cc1C. The summed E-state index contributed by atoms with van der Waals surface area (Å²) in [5.74, 6) is 1.57. The molecule has 0 spiro atoms. The van der Waals surface area contributed by atoms with E-state index in [0.717, 1.165) is 17.1 Å². The van der Waals surface area contributed by atoms with E-state index in [4.69, 9.17) is 9.47 Å². The molecule has 1 saturated heterocycles. The monoisotopic (exact) mass is 389 g/mol. The number of nitrogens with zero attached hydrogens (tertiary/aromatic N) is 1. The summed E-state index contributed by atoms with van der Waals surface area (Å²) >= 11 is 0. The third-order valence-electron chi connectivity index (χ3n) is 4.84. The molecule has 1 fully saturated rings. The minimum absolute atomic E-state index is 0.0435. The number of para-hydroxylation sites is 1.